The molecule has 0 bridgehead atoms. The molecule has 0 saturated heterocycles. The van der Waals surface area contributed by atoms with Crippen molar-refractivity contribution < 1.29 is 19.0 Å². The highest BCUT2D eigenvalue weighted by atomic mass is 32.2. The number of thioether (sulfide) groups is 1. The molecule has 1 heterocycles. The van der Waals surface area contributed by atoms with Gasteiger partial charge in [-0.2, -0.15) is 0 Å². The lowest BCUT2D eigenvalue weighted by molar-refractivity contribution is -0.133. The van der Waals surface area contributed by atoms with Crippen LogP contribution < -0.4 is 4.74 Å². The van der Waals surface area contributed by atoms with E-state index in [-0.39, 0.29) is 11.6 Å². The molecule has 7 heteroatoms. The maximum absolute atomic E-state index is 13.0. The predicted molar refractivity (Wildman–Crippen MR) is 102 cm³/mol. The summed E-state index contributed by atoms with van der Waals surface area (Å²) in [4.78, 5) is 14.9. The van der Waals surface area contributed by atoms with Crippen molar-refractivity contribution in [2.45, 2.75) is 10.8 Å². The Bertz CT molecular complexity index is 863. The monoisotopic (exact) mass is 389 g/mol. The van der Waals surface area contributed by atoms with Crippen LogP contribution in [-0.2, 0) is 11.2 Å². The molecule has 0 aliphatic heterocycles. The highest BCUT2D eigenvalue weighted by molar-refractivity contribution is 8.01. The lowest BCUT2D eigenvalue weighted by atomic mass is 10.1. The third-order valence-electron chi connectivity index (χ3n) is 3.51. The smallest absolute Gasteiger partial charge is 0.313 e. The summed E-state index contributed by atoms with van der Waals surface area (Å²) in [6, 6.07) is 14.0. The van der Waals surface area contributed by atoms with E-state index < -0.39 is 5.97 Å². The second kappa shape index (κ2) is 8.82. The van der Waals surface area contributed by atoms with Crippen molar-refractivity contribution in [1.29, 1.82) is 0 Å². The molecule has 0 amide bonds. The van der Waals surface area contributed by atoms with Crippen molar-refractivity contribution in [3.05, 3.63) is 65.4 Å². The van der Waals surface area contributed by atoms with Gasteiger partial charge in [0, 0.05) is 11.8 Å². The van der Waals surface area contributed by atoms with Gasteiger partial charge in [0.1, 0.15) is 11.6 Å². The van der Waals surface area contributed by atoms with Crippen LogP contribution >= 0.6 is 23.1 Å². The average molecular weight is 389 g/mol. The summed E-state index contributed by atoms with van der Waals surface area (Å²) in [6.45, 7) is 0.489. The van der Waals surface area contributed by atoms with Crippen LogP contribution in [0.2, 0.25) is 0 Å². The third-order valence-corrected chi connectivity index (χ3v) is 5.56. The number of benzene rings is 2. The van der Waals surface area contributed by atoms with E-state index in [0.29, 0.717) is 13.0 Å². The first-order chi connectivity index (χ1) is 12.6. The van der Waals surface area contributed by atoms with Crippen LogP contribution in [0.5, 0.6) is 5.75 Å². The fourth-order valence-electron chi connectivity index (χ4n) is 2.25. The number of hydrogen-bond donors (Lipinski definition) is 1. The van der Waals surface area contributed by atoms with Crippen LogP contribution in [-0.4, -0.2) is 28.4 Å². The van der Waals surface area contributed by atoms with Gasteiger partial charge in [0.05, 0.1) is 18.1 Å². The normalized spacial score (nSPS) is 10.7. The van der Waals surface area contributed by atoms with Crippen LogP contribution in [0.25, 0.3) is 11.1 Å². The van der Waals surface area contributed by atoms with E-state index >= 15 is 0 Å². The first-order valence-electron chi connectivity index (χ1n) is 7.88. The van der Waals surface area contributed by atoms with Crippen LogP contribution in [0.4, 0.5) is 4.39 Å². The summed E-state index contributed by atoms with van der Waals surface area (Å²) in [5, 5.41) is 10.6. The van der Waals surface area contributed by atoms with E-state index in [9.17, 15) is 9.18 Å². The summed E-state index contributed by atoms with van der Waals surface area (Å²) < 4.78 is 19.5. The Morgan fingerprint density at radius 1 is 1.12 bits per heavy atom. The third kappa shape index (κ3) is 5.31. The summed E-state index contributed by atoms with van der Waals surface area (Å²) in [6.07, 6.45) is 0.657. The molecule has 4 nitrogen and oxygen atoms in total. The molecular weight excluding hydrogens is 373 g/mol. The van der Waals surface area contributed by atoms with Gasteiger partial charge in [0.15, 0.2) is 4.34 Å². The van der Waals surface area contributed by atoms with Crippen LogP contribution in [0, 0.1) is 5.82 Å². The second-order valence-electron chi connectivity index (χ2n) is 5.42. The highest BCUT2D eigenvalue weighted by Gasteiger charge is 2.06. The van der Waals surface area contributed by atoms with Gasteiger partial charge in [-0.15, -0.1) is 11.3 Å². The van der Waals surface area contributed by atoms with E-state index in [0.717, 1.165) is 26.9 Å². The number of halogens is 1. The maximum atomic E-state index is 13.0. The van der Waals surface area contributed by atoms with Crippen LogP contribution in [0.15, 0.2) is 58.3 Å². The zero-order chi connectivity index (χ0) is 18.4. The molecule has 0 aliphatic rings. The van der Waals surface area contributed by atoms with Gasteiger partial charge in [-0.3, -0.25) is 4.79 Å². The zero-order valence-electron chi connectivity index (χ0n) is 13.7. The molecule has 134 valence electrons. The fourth-order valence-corrected chi connectivity index (χ4v) is 3.85. The van der Waals surface area contributed by atoms with Gasteiger partial charge in [0.2, 0.25) is 0 Å². The molecule has 0 fully saturated rings. The summed E-state index contributed by atoms with van der Waals surface area (Å²) in [7, 11) is 0. The number of rotatable bonds is 8. The van der Waals surface area contributed by atoms with Crippen molar-refractivity contribution in [3.8, 4) is 16.9 Å². The number of carboxylic acid groups (broad SMARTS) is 1. The van der Waals surface area contributed by atoms with Crippen molar-refractivity contribution in [2.75, 3.05) is 12.4 Å². The Labute approximate surface area is 158 Å². The Balaban J connectivity index is 1.49. The van der Waals surface area contributed by atoms with Gasteiger partial charge in [-0.05, 0) is 35.4 Å². The number of thiazole rings is 1. The number of carboxylic acids is 1. The van der Waals surface area contributed by atoms with E-state index in [1.165, 1.54) is 35.2 Å². The molecule has 0 aliphatic carbocycles. The van der Waals surface area contributed by atoms with Crippen molar-refractivity contribution in [1.82, 2.24) is 4.98 Å². The minimum Gasteiger partial charge on any atom is -0.493 e. The number of nitrogens with zero attached hydrogens (tertiary/aromatic N) is 1. The summed E-state index contributed by atoms with van der Waals surface area (Å²) >= 11 is 2.67. The lowest BCUT2D eigenvalue weighted by Gasteiger charge is -2.07. The minimum atomic E-state index is -0.848. The van der Waals surface area contributed by atoms with E-state index in [4.69, 9.17) is 9.84 Å². The first-order valence-corrected chi connectivity index (χ1v) is 9.74. The Morgan fingerprint density at radius 3 is 2.42 bits per heavy atom. The zero-order valence-corrected chi connectivity index (χ0v) is 15.4. The predicted octanol–water partition coefficient (Wildman–Crippen LogP) is 4.75. The molecule has 0 radical (unpaired) electrons. The topological polar surface area (TPSA) is 59.4 Å². The summed E-state index contributed by atoms with van der Waals surface area (Å²) in [5.74, 6) is -0.324. The van der Waals surface area contributed by atoms with Gasteiger partial charge < -0.3 is 9.84 Å². The summed E-state index contributed by atoms with van der Waals surface area (Å²) in [5.41, 5.74) is 2.84. The number of hydrogen-bond acceptors (Lipinski definition) is 5. The molecule has 26 heavy (non-hydrogen) atoms. The highest BCUT2D eigenvalue weighted by Crippen LogP contribution is 2.24. The molecule has 1 aromatic heterocycles. The standard InChI is InChI=1S/C19H16FNO3S2/c20-15-5-1-13(2-6-15)14-3-7-17(8-4-14)24-10-9-16-11-25-19(21-16)26-12-18(22)23/h1-8,11H,9-10,12H2,(H,22,23). The number of aromatic nitrogens is 1. The lowest BCUT2D eigenvalue weighted by Crippen LogP contribution is -2.01. The minimum absolute atomic E-state index is 0.0177. The van der Waals surface area contributed by atoms with Crippen LogP contribution in [0.3, 0.4) is 0 Å². The number of aliphatic carboxylic acids is 1. The molecule has 0 saturated carbocycles. The fraction of sp³-hybridized carbons (Fsp3) is 0.158. The van der Waals surface area contributed by atoms with Crippen molar-refractivity contribution in [3.63, 3.8) is 0 Å². The van der Waals surface area contributed by atoms with Gasteiger partial charge in [-0.1, -0.05) is 36.0 Å². The van der Waals surface area contributed by atoms with Crippen molar-refractivity contribution >= 4 is 29.1 Å². The first kappa shape index (κ1) is 18.4. The van der Waals surface area contributed by atoms with Gasteiger partial charge >= 0.3 is 5.97 Å². The van der Waals surface area contributed by atoms with E-state index in [2.05, 4.69) is 4.98 Å². The number of ether oxygens (including phenoxy) is 1. The molecular formula is C19H16FNO3S2. The molecule has 0 atom stereocenters. The van der Waals surface area contributed by atoms with Crippen LogP contribution in [0.1, 0.15) is 5.69 Å². The van der Waals surface area contributed by atoms with E-state index in [1.54, 1.807) is 12.1 Å². The molecule has 1 N–H and O–H groups in total. The largest absolute Gasteiger partial charge is 0.493 e. The average Bonchev–Trinajstić information content (AvgIpc) is 3.09. The number of carbonyl (C=O) groups is 1. The van der Waals surface area contributed by atoms with Crippen molar-refractivity contribution in [2.24, 2.45) is 0 Å². The Hall–Kier alpha value is -2.38. The quantitative estimate of drug-likeness (QED) is 0.564. The Kier molecular flexibility index (Phi) is 6.25. The van der Waals surface area contributed by atoms with Gasteiger partial charge in [0.25, 0.3) is 0 Å². The SMILES string of the molecule is O=C(O)CSc1nc(CCOc2ccc(-c3ccc(F)cc3)cc2)cs1. The Morgan fingerprint density at radius 2 is 1.77 bits per heavy atom. The second-order valence-corrected chi connectivity index (χ2v) is 7.50. The molecule has 0 spiro atoms. The molecule has 0 unspecified atom stereocenters. The van der Waals surface area contributed by atoms with Gasteiger partial charge in [-0.25, -0.2) is 9.37 Å². The maximum Gasteiger partial charge on any atom is 0.313 e. The molecule has 3 aromatic rings. The molecule has 3 rings (SSSR count). The molecule has 2 aromatic carbocycles. The van der Waals surface area contributed by atoms with E-state index in [1.807, 2.05) is 29.6 Å².